The molecule has 2 rings (SSSR count). The first-order valence-corrected chi connectivity index (χ1v) is 8.84. The van der Waals surface area contributed by atoms with E-state index in [0.29, 0.717) is 12.4 Å². The monoisotopic (exact) mass is 388 g/mol. The minimum atomic E-state index is -5.01. The third kappa shape index (κ3) is 5.12. The van der Waals surface area contributed by atoms with Gasteiger partial charge in [-0.3, -0.25) is 9.52 Å². The fourth-order valence-corrected chi connectivity index (χ4v) is 2.98. The van der Waals surface area contributed by atoms with E-state index in [9.17, 15) is 26.4 Å². The molecule has 26 heavy (non-hydrogen) atoms. The second-order valence-corrected chi connectivity index (χ2v) is 6.72. The number of nitrogens with one attached hydrogen (secondary N) is 2. The molecule has 0 atom stereocenters. The van der Waals surface area contributed by atoms with Gasteiger partial charge < -0.3 is 10.1 Å². The molecule has 10 heteroatoms. The lowest BCUT2D eigenvalue weighted by atomic mass is 10.3. The van der Waals surface area contributed by atoms with Gasteiger partial charge in [0, 0.05) is 11.4 Å². The molecule has 0 unspecified atom stereocenters. The SMILES string of the molecule is CCOc1ccc(S(=O)(=O)Nc2ccc(NC(=O)C(F)(F)F)cc2)cc1. The fourth-order valence-electron chi connectivity index (χ4n) is 1.92. The molecular formula is C16H15F3N2O4S. The van der Waals surface area contributed by atoms with Crippen LogP contribution in [0, 0.1) is 0 Å². The van der Waals surface area contributed by atoms with Gasteiger partial charge in [-0.05, 0) is 55.5 Å². The lowest BCUT2D eigenvalue weighted by molar-refractivity contribution is -0.167. The standard InChI is InChI=1S/C16H15F3N2O4S/c1-2-25-13-7-9-14(10-8-13)26(23,24)21-12-5-3-11(4-6-12)20-15(22)16(17,18)19/h3-10,21H,2H2,1H3,(H,20,22). The Balaban J connectivity index is 2.08. The topological polar surface area (TPSA) is 84.5 Å². The highest BCUT2D eigenvalue weighted by Crippen LogP contribution is 2.22. The molecule has 6 nitrogen and oxygen atoms in total. The average Bonchev–Trinajstić information content (AvgIpc) is 2.56. The molecule has 0 aliphatic carbocycles. The zero-order valence-electron chi connectivity index (χ0n) is 13.5. The molecule has 0 aliphatic heterocycles. The van der Waals surface area contributed by atoms with Crippen molar-refractivity contribution < 1.29 is 31.1 Å². The minimum Gasteiger partial charge on any atom is -0.494 e. The number of hydrogen-bond acceptors (Lipinski definition) is 4. The molecule has 140 valence electrons. The van der Waals surface area contributed by atoms with Crippen molar-refractivity contribution in [1.29, 1.82) is 0 Å². The second-order valence-electron chi connectivity index (χ2n) is 5.04. The first-order valence-electron chi connectivity index (χ1n) is 7.36. The van der Waals surface area contributed by atoms with Gasteiger partial charge in [-0.15, -0.1) is 0 Å². The summed E-state index contributed by atoms with van der Waals surface area (Å²) in [5, 5.41) is 1.67. The number of carbonyl (C=O) groups excluding carboxylic acids is 1. The summed E-state index contributed by atoms with van der Waals surface area (Å²) in [6, 6.07) is 10.5. The Hall–Kier alpha value is -2.75. The predicted octanol–water partition coefficient (Wildman–Crippen LogP) is 3.39. The van der Waals surface area contributed by atoms with Crippen molar-refractivity contribution in [2.45, 2.75) is 18.0 Å². The zero-order chi connectivity index (χ0) is 19.4. The number of halogens is 3. The Morgan fingerprint density at radius 3 is 2.04 bits per heavy atom. The van der Waals surface area contributed by atoms with Gasteiger partial charge in [0.25, 0.3) is 10.0 Å². The summed E-state index contributed by atoms with van der Waals surface area (Å²) in [6.07, 6.45) is -5.01. The van der Waals surface area contributed by atoms with Crippen LogP contribution in [0.1, 0.15) is 6.92 Å². The van der Waals surface area contributed by atoms with Crippen molar-refractivity contribution >= 4 is 27.3 Å². The van der Waals surface area contributed by atoms with Gasteiger partial charge in [0.1, 0.15) is 5.75 Å². The van der Waals surface area contributed by atoms with E-state index in [1.54, 1.807) is 12.2 Å². The lowest BCUT2D eigenvalue weighted by Crippen LogP contribution is -2.29. The largest absolute Gasteiger partial charge is 0.494 e. The van der Waals surface area contributed by atoms with Crippen LogP contribution in [0.2, 0.25) is 0 Å². The summed E-state index contributed by atoms with van der Waals surface area (Å²) in [5.74, 6) is -1.59. The third-order valence-electron chi connectivity index (χ3n) is 3.10. The van der Waals surface area contributed by atoms with Crippen LogP contribution >= 0.6 is 0 Å². The van der Waals surface area contributed by atoms with E-state index in [0.717, 1.165) is 12.1 Å². The smallest absolute Gasteiger partial charge is 0.471 e. The average molecular weight is 388 g/mol. The molecule has 0 saturated carbocycles. The van der Waals surface area contributed by atoms with Gasteiger partial charge in [0.15, 0.2) is 0 Å². The Bertz CT molecular complexity index is 864. The predicted molar refractivity (Wildman–Crippen MR) is 89.5 cm³/mol. The highest BCUT2D eigenvalue weighted by molar-refractivity contribution is 7.92. The van der Waals surface area contributed by atoms with E-state index in [-0.39, 0.29) is 16.3 Å². The maximum Gasteiger partial charge on any atom is 0.471 e. The molecule has 2 aromatic carbocycles. The number of carbonyl (C=O) groups is 1. The van der Waals surface area contributed by atoms with Gasteiger partial charge in [-0.25, -0.2) is 8.42 Å². The van der Waals surface area contributed by atoms with Crippen LogP contribution in [0.25, 0.3) is 0 Å². The van der Waals surface area contributed by atoms with Gasteiger partial charge in [0.05, 0.1) is 11.5 Å². The number of anilines is 2. The molecule has 0 heterocycles. The van der Waals surface area contributed by atoms with Gasteiger partial charge in [0.2, 0.25) is 0 Å². The molecule has 2 aromatic rings. The number of alkyl halides is 3. The highest BCUT2D eigenvalue weighted by atomic mass is 32.2. The van der Waals surface area contributed by atoms with Crippen molar-refractivity contribution in [3.8, 4) is 5.75 Å². The third-order valence-corrected chi connectivity index (χ3v) is 4.49. The summed E-state index contributed by atoms with van der Waals surface area (Å²) < 4.78 is 68.7. The van der Waals surface area contributed by atoms with E-state index < -0.39 is 22.1 Å². The summed E-state index contributed by atoms with van der Waals surface area (Å²) in [7, 11) is -3.88. The van der Waals surface area contributed by atoms with Crippen LogP contribution in [0.4, 0.5) is 24.5 Å². The Kier molecular flexibility index (Phi) is 5.76. The number of ether oxygens (including phenoxy) is 1. The Labute approximate surface area is 148 Å². The molecule has 0 radical (unpaired) electrons. The van der Waals surface area contributed by atoms with Crippen LogP contribution in [0.15, 0.2) is 53.4 Å². The molecule has 1 amide bonds. The van der Waals surface area contributed by atoms with Crippen molar-refractivity contribution in [2.75, 3.05) is 16.6 Å². The summed E-state index contributed by atoms with van der Waals surface area (Å²) in [5.41, 5.74) is 0.0141. The Morgan fingerprint density at radius 2 is 1.54 bits per heavy atom. The van der Waals surface area contributed by atoms with Gasteiger partial charge in [-0.2, -0.15) is 13.2 Å². The molecule has 2 N–H and O–H groups in total. The molecule has 0 fully saturated rings. The first-order chi connectivity index (χ1) is 12.1. The van der Waals surface area contributed by atoms with Crippen LogP contribution in [0.3, 0.4) is 0 Å². The lowest BCUT2D eigenvalue weighted by Gasteiger charge is -2.11. The first kappa shape index (κ1) is 19.6. The maximum atomic E-state index is 12.3. The minimum absolute atomic E-state index is 0.00426. The molecular weight excluding hydrogens is 373 g/mol. The summed E-state index contributed by atoms with van der Waals surface area (Å²) >= 11 is 0. The number of sulfonamides is 1. The van der Waals surface area contributed by atoms with Gasteiger partial charge >= 0.3 is 12.1 Å². The summed E-state index contributed by atoms with van der Waals surface area (Å²) in [6.45, 7) is 2.24. The normalized spacial score (nSPS) is 11.7. The number of rotatable bonds is 6. The van der Waals surface area contributed by atoms with Gasteiger partial charge in [-0.1, -0.05) is 0 Å². The quantitative estimate of drug-likeness (QED) is 0.795. The van der Waals surface area contributed by atoms with E-state index in [2.05, 4.69) is 4.72 Å². The highest BCUT2D eigenvalue weighted by Gasteiger charge is 2.38. The number of hydrogen-bond donors (Lipinski definition) is 2. The van der Waals surface area contributed by atoms with E-state index in [1.165, 1.54) is 36.4 Å². The molecule has 0 aliphatic rings. The van der Waals surface area contributed by atoms with E-state index >= 15 is 0 Å². The Morgan fingerprint density at radius 1 is 1.00 bits per heavy atom. The second kappa shape index (κ2) is 7.65. The summed E-state index contributed by atoms with van der Waals surface area (Å²) in [4.78, 5) is 10.8. The van der Waals surface area contributed by atoms with Crippen molar-refractivity contribution in [3.63, 3.8) is 0 Å². The van der Waals surface area contributed by atoms with Crippen molar-refractivity contribution in [1.82, 2.24) is 0 Å². The fraction of sp³-hybridized carbons (Fsp3) is 0.188. The zero-order valence-corrected chi connectivity index (χ0v) is 14.3. The maximum absolute atomic E-state index is 12.3. The molecule has 0 bridgehead atoms. The van der Waals surface area contributed by atoms with Crippen molar-refractivity contribution in [2.24, 2.45) is 0 Å². The molecule has 0 saturated heterocycles. The van der Waals surface area contributed by atoms with Crippen molar-refractivity contribution in [3.05, 3.63) is 48.5 Å². The van der Waals surface area contributed by atoms with Crippen LogP contribution in [-0.2, 0) is 14.8 Å². The van der Waals surface area contributed by atoms with Crippen LogP contribution < -0.4 is 14.8 Å². The number of benzene rings is 2. The molecule has 0 spiro atoms. The van der Waals surface area contributed by atoms with E-state index in [1.807, 2.05) is 0 Å². The van der Waals surface area contributed by atoms with E-state index in [4.69, 9.17) is 4.74 Å². The van der Waals surface area contributed by atoms with Crippen LogP contribution in [0.5, 0.6) is 5.75 Å². The molecule has 0 aromatic heterocycles. The van der Waals surface area contributed by atoms with Crippen LogP contribution in [-0.4, -0.2) is 27.1 Å². The number of amides is 1.